The topological polar surface area (TPSA) is 102 Å². The summed E-state index contributed by atoms with van der Waals surface area (Å²) in [6, 6.07) is 1.28. The van der Waals surface area contributed by atoms with Gasteiger partial charge in [-0.3, -0.25) is 9.78 Å². The van der Waals surface area contributed by atoms with Crippen LogP contribution in [0.5, 0.6) is 0 Å². The van der Waals surface area contributed by atoms with E-state index in [1.165, 1.54) is 6.20 Å². The number of carbonyl (C=O) groups is 1. The smallest absolute Gasteiger partial charge is 0.250 e. The van der Waals surface area contributed by atoms with E-state index in [4.69, 9.17) is 16.6 Å². The Morgan fingerprint density at radius 1 is 1.57 bits per heavy atom. The average molecular weight is 195 g/mol. The minimum Gasteiger partial charge on any atom is -0.396 e. The number of nitrogens with zero attached hydrogens (tertiary/aromatic N) is 1. The molecule has 0 unspecified atom stereocenters. The number of rotatable bonds is 4. The fraction of sp³-hybridized carbons (Fsp3) is 0.333. The molecule has 0 bridgehead atoms. The number of pyridine rings is 1. The van der Waals surface area contributed by atoms with Gasteiger partial charge in [0.1, 0.15) is 0 Å². The Hall–Kier alpha value is -1.46. The van der Waals surface area contributed by atoms with E-state index in [1.54, 1.807) is 12.3 Å². The number of nitrogens with two attached hydrogens (primary N) is 2. The van der Waals surface area contributed by atoms with Gasteiger partial charge in [0.25, 0.3) is 0 Å². The fourth-order valence-corrected chi connectivity index (χ4v) is 1.10. The number of amides is 1. The van der Waals surface area contributed by atoms with Crippen molar-refractivity contribution in [2.45, 2.75) is 12.5 Å². The summed E-state index contributed by atoms with van der Waals surface area (Å²) in [7, 11) is 0. The molecule has 5 heteroatoms. The molecular weight excluding hydrogens is 182 g/mol. The number of hydrogen-bond donors (Lipinski definition) is 3. The first-order chi connectivity index (χ1) is 6.65. The van der Waals surface area contributed by atoms with Gasteiger partial charge in [0.05, 0.1) is 5.56 Å². The summed E-state index contributed by atoms with van der Waals surface area (Å²) in [5.74, 6) is -0.532. The van der Waals surface area contributed by atoms with Crippen LogP contribution >= 0.6 is 0 Å². The SMILES string of the molecule is NC(=O)c1cncc([C@H](N)CCO)c1. The Balaban J connectivity index is 2.87. The lowest BCUT2D eigenvalue weighted by Crippen LogP contribution is -2.15. The van der Waals surface area contributed by atoms with Crippen LogP contribution in [0.25, 0.3) is 0 Å². The lowest BCUT2D eigenvalue weighted by Gasteiger charge is -2.09. The number of hydrogen-bond acceptors (Lipinski definition) is 4. The molecule has 0 aliphatic rings. The standard InChI is InChI=1S/C9H13N3O2/c10-8(1-2-13)6-3-7(9(11)14)5-12-4-6/h3-5,8,13H,1-2,10H2,(H2,11,14)/t8-/m1/s1. The van der Waals surface area contributed by atoms with Crippen molar-refractivity contribution < 1.29 is 9.90 Å². The van der Waals surface area contributed by atoms with E-state index < -0.39 is 5.91 Å². The summed E-state index contributed by atoms with van der Waals surface area (Å²) < 4.78 is 0. The molecule has 0 spiro atoms. The van der Waals surface area contributed by atoms with Crippen LogP contribution in [0.1, 0.15) is 28.4 Å². The van der Waals surface area contributed by atoms with Gasteiger partial charge in [-0.1, -0.05) is 0 Å². The third kappa shape index (κ3) is 2.51. The number of carbonyl (C=O) groups excluding carboxylic acids is 1. The monoisotopic (exact) mass is 195 g/mol. The summed E-state index contributed by atoms with van der Waals surface area (Å²) in [5, 5.41) is 8.68. The van der Waals surface area contributed by atoms with Crippen molar-refractivity contribution in [3.05, 3.63) is 29.6 Å². The summed E-state index contributed by atoms with van der Waals surface area (Å²) >= 11 is 0. The van der Waals surface area contributed by atoms with Crippen LogP contribution in [-0.4, -0.2) is 22.6 Å². The molecule has 1 amide bonds. The Labute approximate surface area is 81.7 Å². The summed E-state index contributed by atoms with van der Waals surface area (Å²) in [6.45, 7) is 0.00195. The molecule has 0 radical (unpaired) electrons. The fourth-order valence-electron chi connectivity index (χ4n) is 1.10. The van der Waals surface area contributed by atoms with Crippen molar-refractivity contribution in [2.75, 3.05) is 6.61 Å². The number of aromatic nitrogens is 1. The normalized spacial score (nSPS) is 12.4. The molecule has 5 N–H and O–H groups in total. The predicted molar refractivity (Wildman–Crippen MR) is 51.4 cm³/mol. The third-order valence-electron chi connectivity index (χ3n) is 1.91. The average Bonchev–Trinajstić information content (AvgIpc) is 2.18. The molecule has 0 saturated heterocycles. The highest BCUT2D eigenvalue weighted by molar-refractivity contribution is 5.92. The van der Waals surface area contributed by atoms with Crippen molar-refractivity contribution >= 4 is 5.91 Å². The Morgan fingerprint density at radius 2 is 2.29 bits per heavy atom. The zero-order chi connectivity index (χ0) is 10.6. The van der Waals surface area contributed by atoms with E-state index in [1.807, 2.05) is 0 Å². The van der Waals surface area contributed by atoms with Crippen LogP contribution < -0.4 is 11.5 Å². The van der Waals surface area contributed by atoms with Gasteiger partial charge in [-0.05, 0) is 18.1 Å². The number of primary amides is 1. The molecule has 1 aromatic rings. The van der Waals surface area contributed by atoms with Gasteiger partial charge in [0, 0.05) is 25.0 Å². The van der Waals surface area contributed by atoms with Crippen molar-refractivity contribution in [1.82, 2.24) is 4.98 Å². The lowest BCUT2D eigenvalue weighted by atomic mass is 10.1. The van der Waals surface area contributed by atoms with Gasteiger partial charge in [0.2, 0.25) is 5.91 Å². The Morgan fingerprint density at radius 3 is 2.86 bits per heavy atom. The Kier molecular flexibility index (Phi) is 3.55. The van der Waals surface area contributed by atoms with Gasteiger partial charge >= 0.3 is 0 Å². The van der Waals surface area contributed by atoms with Gasteiger partial charge in [-0.25, -0.2) is 0 Å². The van der Waals surface area contributed by atoms with Gasteiger partial charge in [-0.2, -0.15) is 0 Å². The molecule has 0 aliphatic carbocycles. The van der Waals surface area contributed by atoms with Crippen LogP contribution in [0, 0.1) is 0 Å². The van der Waals surface area contributed by atoms with Crippen LogP contribution in [0.2, 0.25) is 0 Å². The van der Waals surface area contributed by atoms with Gasteiger partial charge < -0.3 is 16.6 Å². The first kappa shape index (κ1) is 10.6. The molecule has 14 heavy (non-hydrogen) atoms. The minimum absolute atomic E-state index is 0.00195. The Bertz CT molecular complexity index is 328. The molecular formula is C9H13N3O2. The molecule has 0 fully saturated rings. The van der Waals surface area contributed by atoms with Crippen molar-refractivity contribution in [3.63, 3.8) is 0 Å². The van der Waals surface area contributed by atoms with Crippen LogP contribution in [0.15, 0.2) is 18.5 Å². The van der Waals surface area contributed by atoms with Crippen LogP contribution in [0.3, 0.4) is 0 Å². The van der Waals surface area contributed by atoms with Crippen molar-refractivity contribution in [1.29, 1.82) is 0 Å². The van der Waals surface area contributed by atoms with E-state index in [2.05, 4.69) is 4.98 Å². The maximum atomic E-state index is 10.8. The molecule has 1 atom stereocenters. The highest BCUT2D eigenvalue weighted by Crippen LogP contribution is 2.13. The third-order valence-corrected chi connectivity index (χ3v) is 1.91. The van der Waals surface area contributed by atoms with Crippen molar-refractivity contribution in [2.24, 2.45) is 11.5 Å². The van der Waals surface area contributed by atoms with E-state index >= 15 is 0 Å². The maximum Gasteiger partial charge on any atom is 0.250 e. The zero-order valence-corrected chi connectivity index (χ0v) is 7.68. The zero-order valence-electron chi connectivity index (χ0n) is 7.68. The van der Waals surface area contributed by atoms with Crippen molar-refractivity contribution in [3.8, 4) is 0 Å². The van der Waals surface area contributed by atoms with Crippen LogP contribution in [-0.2, 0) is 0 Å². The highest BCUT2D eigenvalue weighted by Gasteiger charge is 2.08. The number of aliphatic hydroxyl groups is 1. The summed E-state index contributed by atoms with van der Waals surface area (Å²) in [4.78, 5) is 14.7. The molecule has 76 valence electrons. The van der Waals surface area contributed by atoms with Gasteiger partial charge in [0.15, 0.2) is 0 Å². The van der Waals surface area contributed by atoms with Gasteiger partial charge in [-0.15, -0.1) is 0 Å². The quantitative estimate of drug-likeness (QED) is 0.606. The largest absolute Gasteiger partial charge is 0.396 e. The highest BCUT2D eigenvalue weighted by atomic mass is 16.3. The second-order valence-electron chi connectivity index (χ2n) is 2.99. The van der Waals surface area contributed by atoms with E-state index in [0.717, 1.165) is 0 Å². The summed E-state index contributed by atoms with van der Waals surface area (Å²) in [5.41, 5.74) is 11.8. The second kappa shape index (κ2) is 4.69. The first-order valence-corrected chi connectivity index (χ1v) is 4.26. The number of aliphatic hydroxyl groups excluding tert-OH is 1. The second-order valence-corrected chi connectivity index (χ2v) is 2.99. The lowest BCUT2D eigenvalue weighted by molar-refractivity contribution is 0.1000. The van der Waals surface area contributed by atoms with Crippen LogP contribution in [0.4, 0.5) is 0 Å². The van der Waals surface area contributed by atoms with E-state index in [0.29, 0.717) is 17.5 Å². The first-order valence-electron chi connectivity index (χ1n) is 4.26. The molecule has 0 aliphatic heterocycles. The molecule has 1 heterocycles. The predicted octanol–water partition coefficient (Wildman–Crippen LogP) is -0.437. The molecule has 1 rings (SSSR count). The molecule has 5 nitrogen and oxygen atoms in total. The van der Waals surface area contributed by atoms with E-state index in [-0.39, 0.29) is 12.6 Å². The minimum atomic E-state index is -0.532. The van der Waals surface area contributed by atoms with E-state index in [9.17, 15) is 4.79 Å². The maximum absolute atomic E-state index is 10.8. The molecule has 1 aromatic heterocycles. The summed E-state index contributed by atoms with van der Waals surface area (Å²) in [6.07, 6.45) is 3.38. The molecule has 0 aromatic carbocycles. The molecule has 0 saturated carbocycles.